The van der Waals surface area contributed by atoms with E-state index in [1.165, 1.54) is 25.9 Å². The van der Waals surface area contributed by atoms with Crippen molar-refractivity contribution in [2.45, 2.75) is 12.8 Å². The number of likely N-dealkylation sites (tertiary alicyclic amines) is 1. The molecule has 0 radical (unpaired) electrons. The maximum atomic E-state index is 5.50. The Kier molecular flexibility index (Phi) is 3.56. The van der Waals surface area contributed by atoms with E-state index in [1.807, 2.05) is 13.1 Å². The molecule has 0 aliphatic carbocycles. The van der Waals surface area contributed by atoms with E-state index >= 15 is 0 Å². The fourth-order valence-corrected chi connectivity index (χ4v) is 1.95. The molecule has 0 aromatic carbocycles. The molecule has 5 nitrogen and oxygen atoms in total. The number of rotatable bonds is 4. The van der Waals surface area contributed by atoms with Gasteiger partial charge in [-0.3, -0.25) is 0 Å². The molecule has 0 bridgehead atoms. The Morgan fingerprint density at radius 2 is 2.06 bits per heavy atom. The van der Waals surface area contributed by atoms with Crippen LogP contribution in [-0.2, 0) is 0 Å². The van der Waals surface area contributed by atoms with Gasteiger partial charge in [0.05, 0.1) is 0 Å². The molecular formula is C11H19N5. The predicted octanol–water partition coefficient (Wildman–Crippen LogP) is 0.591. The minimum absolute atomic E-state index is 0.469. The number of nitrogens with two attached hydrogens (primary N) is 1. The van der Waals surface area contributed by atoms with Gasteiger partial charge in [-0.1, -0.05) is 0 Å². The molecule has 0 unspecified atom stereocenters. The molecule has 2 rings (SSSR count). The summed E-state index contributed by atoms with van der Waals surface area (Å²) in [4.78, 5) is 4.60. The van der Waals surface area contributed by atoms with Gasteiger partial charge in [0.2, 0.25) is 0 Å². The summed E-state index contributed by atoms with van der Waals surface area (Å²) in [5.74, 6) is 1.35. The summed E-state index contributed by atoms with van der Waals surface area (Å²) in [6.07, 6.45) is 2.68. The van der Waals surface area contributed by atoms with Crippen molar-refractivity contribution in [2.24, 2.45) is 0 Å². The number of hydrogen-bond acceptors (Lipinski definition) is 5. The summed E-state index contributed by atoms with van der Waals surface area (Å²) in [7, 11) is 2.04. The van der Waals surface area contributed by atoms with Crippen LogP contribution in [0.25, 0.3) is 0 Å². The van der Waals surface area contributed by atoms with Crippen LogP contribution in [0.1, 0.15) is 12.8 Å². The smallest absolute Gasteiger partial charge is 0.151 e. The van der Waals surface area contributed by atoms with Crippen molar-refractivity contribution in [3.8, 4) is 0 Å². The monoisotopic (exact) mass is 221 g/mol. The Morgan fingerprint density at radius 1 is 1.31 bits per heavy atom. The summed E-state index contributed by atoms with van der Waals surface area (Å²) in [6.45, 7) is 4.56. The van der Waals surface area contributed by atoms with Crippen molar-refractivity contribution in [3.05, 3.63) is 12.1 Å². The van der Waals surface area contributed by atoms with Crippen molar-refractivity contribution in [2.75, 3.05) is 43.9 Å². The van der Waals surface area contributed by atoms with Gasteiger partial charge >= 0.3 is 0 Å². The largest absolute Gasteiger partial charge is 0.382 e. The summed E-state index contributed by atoms with van der Waals surface area (Å²) in [6, 6.07) is 3.70. The number of nitrogen functional groups attached to an aromatic ring is 1. The number of likely N-dealkylation sites (N-methyl/N-ethyl adjacent to an activating group) is 1. The summed E-state index contributed by atoms with van der Waals surface area (Å²) in [5, 5.41) is 7.91. The van der Waals surface area contributed by atoms with E-state index in [4.69, 9.17) is 5.73 Å². The summed E-state index contributed by atoms with van der Waals surface area (Å²) >= 11 is 0. The van der Waals surface area contributed by atoms with Crippen LogP contribution in [0.5, 0.6) is 0 Å². The van der Waals surface area contributed by atoms with E-state index in [-0.39, 0.29) is 0 Å². The van der Waals surface area contributed by atoms with Crippen LogP contribution < -0.4 is 10.6 Å². The zero-order valence-electron chi connectivity index (χ0n) is 9.76. The maximum absolute atomic E-state index is 5.50. The molecule has 0 atom stereocenters. The van der Waals surface area contributed by atoms with Gasteiger partial charge in [-0.15, -0.1) is 10.2 Å². The Labute approximate surface area is 96.2 Å². The van der Waals surface area contributed by atoms with Crippen molar-refractivity contribution in [3.63, 3.8) is 0 Å². The predicted molar refractivity (Wildman–Crippen MR) is 65.4 cm³/mol. The van der Waals surface area contributed by atoms with Crippen LogP contribution in [0.4, 0.5) is 11.6 Å². The Bertz CT molecular complexity index is 318. The Balaban J connectivity index is 1.82. The lowest BCUT2D eigenvalue weighted by Crippen LogP contribution is -2.31. The second-order valence-corrected chi connectivity index (χ2v) is 4.29. The molecule has 1 aliphatic heterocycles. The first-order valence-corrected chi connectivity index (χ1v) is 5.78. The van der Waals surface area contributed by atoms with Gasteiger partial charge in [0, 0.05) is 20.1 Å². The third kappa shape index (κ3) is 2.82. The average molecular weight is 221 g/mol. The van der Waals surface area contributed by atoms with Crippen LogP contribution in [0.2, 0.25) is 0 Å². The molecule has 2 N–H and O–H groups in total. The molecule has 2 heterocycles. The van der Waals surface area contributed by atoms with E-state index in [2.05, 4.69) is 20.0 Å². The normalized spacial score (nSPS) is 16.6. The number of nitrogens with zero attached hydrogens (tertiary/aromatic N) is 4. The first-order chi connectivity index (χ1) is 7.75. The van der Waals surface area contributed by atoms with Gasteiger partial charge < -0.3 is 15.5 Å². The number of anilines is 2. The molecule has 1 aliphatic rings. The van der Waals surface area contributed by atoms with E-state index in [1.54, 1.807) is 6.07 Å². The molecule has 0 saturated carbocycles. The third-order valence-corrected chi connectivity index (χ3v) is 3.01. The second kappa shape index (κ2) is 5.12. The lowest BCUT2D eigenvalue weighted by atomic mass is 10.4. The zero-order chi connectivity index (χ0) is 11.4. The lowest BCUT2D eigenvalue weighted by Gasteiger charge is -2.21. The molecule has 0 amide bonds. The maximum Gasteiger partial charge on any atom is 0.151 e. The first-order valence-electron chi connectivity index (χ1n) is 5.78. The van der Waals surface area contributed by atoms with Crippen LogP contribution in [0.15, 0.2) is 12.1 Å². The minimum Gasteiger partial charge on any atom is -0.382 e. The zero-order valence-corrected chi connectivity index (χ0v) is 9.76. The van der Waals surface area contributed by atoms with E-state index in [0.717, 1.165) is 18.9 Å². The summed E-state index contributed by atoms with van der Waals surface area (Å²) in [5.41, 5.74) is 5.50. The van der Waals surface area contributed by atoms with E-state index < -0.39 is 0 Å². The van der Waals surface area contributed by atoms with Gasteiger partial charge in [-0.05, 0) is 38.1 Å². The molecular weight excluding hydrogens is 202 g/mol. The number of aromatic nitrogens is 2. The van der Waals surface area contributed by atoms with Crippen LogP contribution in [0.3, 0.4) is 0 Å². The fraction of sp³-hybridized carbons (Fsp3) is 0.636. The summed E-state index contributed by atoms with van der Waals surface area (Å²) < 4.78 is 0. The molecule has 1 aromatic heterocycles. The van der Waals surface area contributed by atoms with Crippen LogP contribution in [-0.4, -0.2) is 48.3 Å². The molecule has 1 aromatic rings. The Hall–Kier alpha value is -1.36. The highest BCUT2D eigenvalue weighted by Gasteiger charge is 2.12. The highest BCUT2D eigenvalue weighted by Crippen LogP contribution is 2.10. The van der Waals surface area contributed by atoms with Gasteiger partial charge in [0.15, 0.2) is 5.82 Å². The lowest BCUT2D eigenvalue weighted by molar-refractivity contribution is 0.346. The minimum atomic E-state index is 0.469. The molecule has 1 saturated heterocycles. The fourth-order valence-electron chi connectivity index (χ4n) is 1.95. The van der Waals surface area contributed by atoms with Gasteiger partial charge in [0.25, 0.3) is 0 Å². The van der Waals surface area contributed by atoms with E-state index in [0.29, 0.717) is 5.82 Å². The first kappa shape index (κ1) is 11.1. The number of hydrogen-bond donors (Lipinski definition) is 1. The van der Waals surface area contributed by atoms with Crippen molar-refractivity contribution in [1.82, 2.24) is 15.1 Å². The topological polar surface area (TPSA) is 58.3 Å². The van der Waals surface area contributed by atoms with Gasteiger partial charge in [-0.25, -0.2) is 0 Å². The standard InChI is InChI=1S/C11H19N5/c1-15(8-9-16-6-2-3-7-16)11-5-4-10(12)13-14-11/h4-5H,2-3,6-9H2,1H3,(H2,12,13). The SMILES string of the molecule is CN(CCN1CCCC1)c1ccc(N)nn1. The third-order valence-electron chi connectivity index (χ3n) is 3.01. The van der Waals surface area contributed by atoms with Gasteiger partial charge in [-0.2, -0.15) is 0 Å². The molecule has 5 heteroatoms. The molecule has 16 heavy (non-hydrogen) atoms. The van der Waals surface area contributed by atoms with Crippen molar-refractivity contribution >= 4 is 11.6 Å². The average Bonchev–Trinajstić information content (AvgIpc) is 2.80. The van der Waals surface area contributed by atoms with Crippen molar-refractivity contribution in [1.29, 1.82) is 0 Å². The van der Waals surface area contributed by atoms with E-state index in [9.17, 15) is 0 Å². The molecule has 1 fully saturated rings. The molecule has 88 valence electrons. The van der Waals surface area contributed by atoms with Crippen molar-refractivity contribution < 1.29 is 0 Å². The van der Waals surface area contributed by atoms with Crippen LogP contribution >= 0.6 is 0 Å². The Morgan fingerprint density at radius 3 is 2.69 bits per heavy atom. The highest BCUT2D eigenvalue weighted by atomic mass is 15.3. The van der Waals surface area contributed by atoms with Gasteiger partial charge in [0.1, 0.15) is 5.82 Å². The second-order valence-electron chi connectivity index (χ2n) is 4.29. The quantitative estimate of drug-likeness (QED) is 0.806. The molecule has 0 spiro atoms. The highest BCUT2D eigenvalue weighted by molar-refractivity contribution is 5.40. The van der Waals surface area contributed by atoms with Crippen LogP contribution in [0, 0.1) is 0 Å².